The first kappa shape index (κ1) is 30.5. The fourth-order valence-electron chi connectivity index (χ4n) is 5.55. The second kappa shape index (κ2) is 12.7. The van der Waals surface area contributed by atoms with Crippen LogP contribution in [0.1, 0.15) is 50.2 Å². The average Bonchev–Trinajstić information content (AvgIpc) is 3.53. The number of piperazine rings is 1. The van der Waals surface area contributed by atoms with Crippen molar-refractivity contribution in [3.8, 4) is 17.2 Å². The first-order valence-electron chi connectivity index (χ1n) is 13.9. The number of halogens is 3. The van der Waals surface area contributed by atoms with Crippen LogP contribution >= 0.6 is 11.3 Å². The van der Waals surface area contributed by atoms with Crippen LogP contribution in [0.25, 0.3) is 0 Å². The molecular weight excluding hydrogens is 585 g/mol. The van der Waals surface area contributed by atoms with Crippen molar-refractivity contribution in [3.05, 3.63) is 63.6 Å². The van der Waals surface area contributed by atoms with Gasteiger partial charge < -0.3 is 28.9 Å². The van der Waals surface area contributed by atoms with Crippen LogP contribution in [-0.4, -0.2) is 87.2 Å². The number of hydrogen-bond donors (Lipinski definition) is 0. The summed E-state index contributed by atoms with van der Waals surface area (Å²) in [5.41, 5.74) is 0.580. The van der Waals surface area contributed by atoms with Gasteiger partial charge >= 0.3 is 6.18 Å². The van der Waals surface area contributed by atoms with E-state index in [1.165, 1.54) is 38.7 Å². The van der Waals surface area contributed by atoms with Crippen molar-refractivity contribution in [1.29, 1.82) is 0 Å². The number of amides is 2. The maximum Gasteiger partial charge on any atom is 0.416 e. The van der Waals surface area contributed by atoms with Gasteiger partial charge in [-0.25, -0.2) is 4.98 Å². The lowest BCUT2D eigenvalue weighted by molar-refractivity contribution is -0.137. The lowest BCUT2D eigenvalue weighted by atomic mass is 9.96. The van der Waals surface area contributed by atoms with Crippen LogP contribution < -0.4 is 19.1 Å². The summed E-state index contributed by atoms with van der Waals surface area (Å²) < 4.78 is 55.6. The molecule has 3 aromatic rings. The van der Waals surface area contributed by atoms with Gasteiger partial charge in [0.05, 0.1) is 37.5 Å². The van der Waals surface area contributed by atoms with Gasteiger partial charge in [0.15, 0.2) is 11.5 Å². The minimum absolute atomic E-state index is 0.126. The SMILES string of the molecule is COc1ccc(C(=O)N2CCC(c3nc(C(=O)N4CCN(c5cccc(C(F)(F)F)c5)CC4)cs3)CC2)c(OC)c1OC. The second-order valence-corrected chi connectivity index (χ2v) is 11.2. The number of ether oxygens (including phenoxy) is 3. The Bertz CT molecular complexity index is 1460. The molecule has 43 heavy (non-hydrogen) atoms. The number of alkyl halides is 3. The van der Waals surface area contributed by atoms with Crippen molar-refractivity contribution in [3.63, 3.8) is 0 Å². The smallest absolute Gasteiger partial charge is 0.416 e. The second-order valence-electron chi connectivity index (χ2n) is 10.3. The quantitative estimate of drug-likeness (QED) is 0.361. The Hall–Kier alpha value is -4.00. The van der Waals surface area contributed by atoms with E-state index in [1.807, 2.05) is 4.90 Å². The molecule has 0 atom stereocenters. The van der Waals surface area contributed by atoms with E-state index in [9.17, 15) is 22.8 Å². The number of likely N-dealkylation sites (tertiary alicyclic amines) is 1. The zero-order chi connectivity index (χ0) is 30.7. The number of benzene rings is 2. The van der Waals surface area contributed by atoms with Gasteiger partial charge in [-0.1, -0.05) is 6.07 Å². The van der Waals surface area contributed by atoms with Crippen LogP contribution in [0.4, 0.5) is 18.9 Å². The van der Waals surface area contributed by atoms with Crippen molar-refractivity contribution in [2.24, 2.45) is 0 Å². The van der Waals surface area contributed by atoms with E-state index in [1.54, 1.807) is 33.4 Å². The molecule has 9 nitrogen and oxygen atoms in total. The van der Waals surface area contributed by atoms with Crippen LogP contribution in [-0.2, 0) is 6.18 Å². The minimum Gasteiger partial charge on any atom is -0.493 e. The van der Waals surface area contributed by atoms with Gasteiger partial charge in [0.25, 0.3) is 11.8 Å². The molecule has 0 aliphatic carbocycles. The Labute approximate surface area is 251 Å². The highest BCUT2D eigenvalue weighted by molar-refractivity contribution is 7.09. The first-order valence-corrected chi connectivity index (χ1v) is 14.8. The number of piperidine rings is 1. The molecule has 13 heteroatoms. The van der Waals surface area contributed by atoms with E-state index in [2.05, 4.69) is 4.98 Å². The summed E-state index contributed by atoms with van der Waals surface area (Å²) in [7, 11) is 4.50. The van der Waals surface area contributed by atoms with Gasteiger partial charge in [-0.05, 0) is 43.2 Å². The highest BCUT2D eigenvalue weighted by atomic mass is 32.1. The van der Waals surface area contributed by atoms with Gasteiger partial charge in [-0.15, -0.1) is 11.3 Å². The van der Waals surface area contributed by atoms with E-state index in [4.69, 9.17) is 14.2 Å². The third-order valence-electron chi connectivity index (χ3n) is 7.91. The monoisotopic (exact) mass is 618 g/mol. The standard InChI is InChI=1S/C30H33F3N4O5S/c1-40-24-8-7-22(25(41-2)26(24)42-3)28(38)36-11-9-19(10-12-36)27-34-23(18-43-27)29(39)37-15-13-35(14-16-37)21-6-4-5-20(17-21)30(31,32)33/h4-8,17-19H,9-16H2,1-3H3. The lowest BCUT2D eigenvalue weighted by Gasteiger charge is -2.36. The predicted molar refractivity (Wildman–Crippen MR) is 156 cm³/mol. The highest BCUT2D eigenvalue weighted by Crippen LogP contribution is 2.41. The molecule has 0 unspecified atom stereocenters. The molecule has 2 aliphatic rings. The van der Waals surface area contributed by atoms with Crippen LogP contribution in [0.5, 0.6) is 17.2 Å². The highest BCUT2D eigenvalue weighted by Gasteiger charge is 2.33. The van der Waals surface area contributed by atoms with E-state index >= 15 is 0 Å². The largest absolute Gasteiger partial charge is 0.493 e. The van der Waals surface area contributed by atoms with E-state index in [0.29, 0.717) is 86.3 Å². The number of anilines is 1. The molecule has 1 aromatic heterocycles. The van der Waals surface area contributed by atoms with Crippen molar-refractivity contribution in [1.82, 2.24) is 14.8 Å². The number of rotatable bonds is 7. The molecule has 0 spiro atoms. The van der Waals surface area contributed by atoms with Crippen molar-refractivity contribution in [2.75, 3.05) is 65.5 Å². The number of hydrogen-bond acceptors (Lipinski definition) is 8. The zero-order valence-corrected chi connectivity index (χ0v) is 25.0. The number of nitrogens with zero attached hydrogens (tertiary/aromatic N) is 4. The van der Waals surface area contributed by atoms with Gasteiger partial charge in [0, 0.05) is 56.3 Å². The molecule has 0 saturated carbocycles. The van der Waals surface area contributed by atoms with Crippen molar-refractivity contribution in [2.45, 2.75) is 24.9 Å². The molecule has 2 amide bonds. The Kier molecular flexibility index (Phi) is 9.00. The summed E-state index contributed by atoms with van der Waals surface area (Å²) in [6, 6.07) is 8.61. The van der Waals surface area contributed by atoms with Crippen LogP contribution in [0.15, 0.2) is 41.8 Å². The maximum absolute atomic E-state index is 13.4. The lowest BCUT2D eigenvalue weighted by Crippen LogP contribution is -2.49. The fourth-order valence-corrected chi connectivity index (χ4v) is 6.52. The number of aromatic nitrogens is 1. The topological polar surface area (TPSA) is 84.4 Å². The van der Waals surface area contributed by atoms with Gasteiger partial charge in [-0.3, -0.25) is 9.59 Å². The molecular formula is C30H33F3N4O5S. The van der Waals surface area contributed by atoms with Crippen molar-refractivity contribution < 1.29 is 37.0 Å². The van der Waals surface area contributed by atoms with Gasteiger partial charge in [-0.2, -0.15) is 13.2 Å². The summed E-state index contributed by atoms with van der Waals surface area (Å²) in [4.78, 5) is 36.6. The number of carbonyl (C=O) groups is 2. The Balaban J connectivity index is 1.17. The number of carbonyl (C=O) groups excluding carboxylic acids is 2. The molecule has 0 radical (unpaired) electrons. The average molecular weight is 619 g/mol. The van der Waals surface area contributed by atoms with Gasteiger partial charge in [0.2, 0.25) is 5.75 Å². The fraction of sp³-hybridized carbons (Fsp3) is 0.433. The van der Waals surface area contributed by atoms with E-state index in [0.717, 1.165) is 17.1 Å². The zero-order valence-electron chi connectivity index (χ0n) is 24.1. The Morgan fingerprint density at radius 3 is 2.16 bits per heavy atom. The number of thiazole rings is 1. The molecule has 5 rings (SSSR count). The van der Waals surface area contributed by atoms with Crippen LogP contribution in [0.3, 0.4) is 0 Å². The van der Waals surface area contributed by atoms with E-state index in [-0.39, 0.29) is 17.7 Å². The summed E-state index contributed by atoms with van der Waals surface area (Å²) in [5.74, 6) is 0.951. The van der Waals surface area contributed by atoms with Crippen LogP contribution in [0, 0.1) is 0 Å². The maximum atomic E-state index is 13.4. The molecule has 0 N–H and O–H groups in total. The molecule has 3 heterocycles. The summed E-state index contributed by atoms with van der Waals surface area (Å²) in [5, 5.41) is 2.63. The molecule has 230 valence electrons. The molecule has 2 fully saturated rings. The normalized spacial score (nSPS) is 16.3. The third kappa shape index (κ3) is 6.36. The first-order chi connectivity index (χ1) is 20.6. The van der Waals surface area contributed by atoms with Crippen molar-refractivity contribution >= 4 is 28.8 Å². The summed E-state index contributed by atoms with van der Waals surface area (Å²) in [6.45, 7) is 2.70. The van der Waals surface area contributed by atoms with Gasteiger partial charge in [0.1, 0.15) is 5.69 Å². The summed E-state index contributed by atoms with van der Waals surface area (Å²) >= 11 is 1.44. The third-order valence-corrected chi connectivity index (χ3v) is 8.92. The molecule has 2 saturated heterocycles. The molecule has 0 bridgehead atoms. The minimum atomic E-state index is -4.40. The Morgan fingerprint density at radius 1 is 0.860 bits per heavy atom. The predicted octanol–water partition coefficient (Wildman–Crippen LogP) is 5.17. The molecule has 2 aliphatic heterocycles. The molecule has 2 aromatic carbocycles. The summed E-state index contributed by atoms with van der Waals surface area (Å²) in [6.07, 6.45) is -2.99. The van der Waals surface area contributed by atoms with E-state index < -0.39 is 11.7 Å². The number of methoxy groups -OCH3 is 3. The Morgan fingerprint density at radius 2 is 1.53 bits per heavy atom. The van der Waals surface area contributed by atoms with Crippen LogP contribution in [0.2, 0.25) is 0 Å².